The molecule has 0 rings (SSSR count). The molecular weight excluding hydrogens is 627 g/mol. The second-order valence-electron chi connectivity index (χ2n) is 15.5. The van der Waals surface area contributed by atoms with Gasteiger partial charge in [-0.25, -0.2) is 0 Å². The van der Waals surface area contributed by atoms with Gasteiger partial charge in [0.05, 0.1) is 18.8 Å². The van der Waals surface area contributed by atoms with E-state index in [1.165, 1.54) is 180 Å². The van der Waals surface area contributed by atoms with Crippen molar-refractivity contribution in [3.8, 4) is 0 Å². The number of nitrogens with one attached hydrogen (secondary N) is 1. The minimum Gasteiger partial charge on any atom is -0.394 e. The lowest BCUT2D eigenvalue weighted by atomic mass is 10.0. The number of hydrogen-bond donors (Lipinski definition) is 3. The number of allylic oxidation sites excluding steroid dienone is 5. The molecule has 0 heterocycles. The Hall–Kier alpha value is -1.39. The summed E-state index contributed by atoms with van der Waals surface area (Å²) in [6, 6.07) is -0.642. The van der Waals surface area contributed by atoms with Crippen LogP contribution in [0.15, 0.2) is 36.5 Å². The molecular formula is C47H89NO3. The van der Waals surface area contributed by atoms with Crippen LogP contribution in [0.4, 0.5) is 0 Å². The van der Waals surface area contributed by atoms with E-state index in [0.717, 1.165) is 38.5 Å². The van der Waals surface area contributed by atoms with Crippen molar-refractivity contribution in [3.63, 3.8) is 0 Å². The average molecular weight is 716 g/mol. The van der Waals surface area contributed by atoms with Gasteiger partial charge in [0.15, 0.2) is 0 Å². The molecule has 4 heteroatoms. The standard InChI is InChI=1S/C47H89NO3/c1-3-5-7-9-11-13-15-17-19-20-21-22-23-24-25-26-27-29-31-33-35-37-39-41-43-47(51)48-45(44-49)46(50)42-40-38-36-34-32-30-28-18-16-14-12-10-8-6-4-2/h16,18,32,34,40,42,45-46,49-50H,3-15,17,19-31,33,35-39,41,43-44H2,1-2H3,(H,48,51)/b18-16+,34-32+,42-40+. The third kappa shape index (κ3) is 39.6. The Morgan fingerprint density at radius 3 is 1.14 bits per heavy atom. The van der Waals surface area contributed by atoms with Gasteiger partial charge in [-0.2, -0.15) is 0 Å². The molecule has 2 atom stereocenters. The topological polar surface area (TPSA) is 69.6 Å². The maximum atomic E-state index is 12.4. The minimum atomic E-state index is -0.866. The zero-order valence-electron chi connectivity index (χ0n) is 34.4. The fourth-order valence-electron chi connectivity index (χ4n) is 6.86. The van der Waals surface area contributed by atoms with Crippen LogP contribution in [-0.2, 0) is 4.79 Å². The lowest BCUT2D eigenvalue weighted by molar-refractivity contribution is -0.123. The molecule has 0 aromatic carbocycles. The predicted octanol–water partition coefficient (Wildman–Crippen LogP) is 14.2. The summed E-state index contributed by atoms with van der Waals surface area (Å²) in [7, 11) is 0. The molecule has 0 saturated carbocycles. The van der Waals surface area contributed by atoms with Crippen LogP contribution < -0.4 is 5.32 Å². The van der Waals surface area contributed by atoms with E-state index < -0.39 is 12.1 Å². The van der Waals surface area contributed by atoms with E-state index in [1.807, 2.05) is 6.08 Å². The van der Waals surface area contributed by atoms with Crippen molar-refractivity contribution in [2.75, 3.05) is 6.61 Å². The van der Waals surface area contributed by atoms with E-state index in [0.29, 0.717) is 6.42 Å². The van der Waals surface area contributed by atoms with E-state index in [4.69, 9.17) is 0 Å². The zero-order valence-corrected chi connectivity index (χ0v) is 34.4. The number of rotatable bonds is 41. The maximum Gasteiger partial charge on any atom is 0.220 e. The van der Waals surface area contributed by atoms with Gasteiger partial charge >= 0.3 is 0 Å². The Labute approximate surface area is 319 Å². The van der Waals surface area contributed by atoms with E-state index in [9.17, 15) is 15.0 Å². The Balaban J connectivity index is 3.54. The molecule has 0 saturated heterocycles. The minimum absolute atomic E-state index is 0.0752. The smallest absolute Gasteiger partial charge is 0.220 e. The summed E-state index contributed by atoms with van der Waals surface area (Å²) >= 11 is 0. The highest BCUT2D eigenvalue weighted by molar-refractivity contribution is 5.76. The highest BCUT2D eigenvalue weighted by Crippen LogP contribution is 2.16. The molecule has 4 nitrogen and oxygen atoms in total. The summed E-state index contributed by atoms with van der Waals surface area (Å²) in [4.78, 5) is 12.4. The molecule has 51 heavy (non-hydrogen) atoms. The maximum absolute atomic E-state index is 12.4. The van der Waals surface area contributed by atoms with Gasteiger partial charge in [-0.3, -0.25) is 4.79 Å². The zero-order chi connectivity index (χ0) is 37.1. The van der Waals surface area contributed by atoms with Crippen LogP contribution in [0.1, 0.15) is 239 Å². The SMILES string of the molecule is CCCCCCC/C=C/CC/C=C/CC/C=C/C(O)C(CO)NC(=O)CCCCCCCCCCCCCCCCCCCCCCCCCC. The molecule has 300 valence electrons. The number of carbonyl (C=O) groups is 1. The number of aliphatic hydroxyl groups is 2. The van der Waals surface area contributed by atoms with Gasteiger partial charge in [0, 0.05) is 6.42 Å². The second-order valence-corrected chi connectivity index (χ2v) is 15.5. The predicted molar refractivity (Wildman–Crippen MR) is 225 cm³/mol. The number of amides is 1. The van der Waals surface area contributed by atoms with E-state index in [2.05, 4.69) is 43.5 Å². The summed E-state index contributed by atoms with van der Waals surface area (Å²) in [5.41, 5.74) is 0. The summed E-state index contributed by atoms with van der Waals surface area (Å²) in [5, 5.41) is 23.0. The number of unbranched alkanes of at least 4 members (excludes halogenated alkanes) is 30. The number of hydrogen-bond acceptors (Lipinski definition) is 3. The molecule has 1 amide bonds. The first-order valence-corrected chi connectivity index (χ1v) is 22.7. The Morgan fingerprint density at radius 1 is 0.451 bits per heavy atom. The van der Waals surface area contributed by atoms with Crippen molar-refractivity contribution in [3.05, 3.63) is 36.5 Å². The van der Waals surface area contributed by atoms with Gasteiger partial charge in [0.1, 0.15) is 0 Å². The summed E-state index contributed by atoms with van der Waals surface area (Å²) in [6.45, 7) is 4.29. The molecule has 0 aromatic rings. The molecule has 0 bridgehead atoms. The summed E-state index contributed by atoms with van der Waals surface area (Å²) < 4.78 is 0. The van der Waals surface area contributed by atoms with Crippen molar-refractivity contribution < 1.29 is 15.0 Å². The van der Waals surface area contributed by atoms with Gasteiger partial charge in [0.2, 0.25) is 5.91 Å². The normalized spacial score (nSPS) is 13.3. The van der Waals surface area contributed by atoms with Crippen molar-refractivity contribution in [2.45, 2.75) is 251 Å². The van der Waals surface area contributed by atoms with Gasteiger partial charge < -0.3 is 15.5 Å². The van der Waals surface area contributed by atoms with Gasteiger partial charge in [-0.15, -0.1) is 0 Å². The molecule has 0 spiro atoms. The van der Waals surface area contributed by atoms with Crippen LogP contribution in [0.2, 0.25) is 0 Å². The fourth-order valence-corrected chi connectivity index (χ4v) is 6.86. The van der Waals surface area contributed by atoms with Crippen LogP contribution in [-0.4, -0.2) is 34.9 Å². The van der Waals surface area contributed by atoms with E-state index in [1.54, 1.807) is 6.08 Å². The van der Waals surface area contributed by atoms with Gasteiger partial charge in [-0.1, -0.05) is 224 Å². The van der Waals surface area contributed by atoms with Crippen LogP contribution in [0.25, 0.3) is 0 Å². The van der Waals surface area contributed by atoms with E-state index in [-0.39, 0.29) is 12.5 Å². The van der Waals surface area contributed by atoms with Crippen LogP contribution in [0, 0.1) is 0 Å². The molecule has 0 radical (unpaired) electrons. The molecule has 2 unspecified atom stereocenters. The third-order valence-electron chi connectivity index (χ3n) is 10.4. The van der Waals surface area contributed by atoms with E-state index >= 15 is 0 Å². The highest BCUT2D eigenvalue weighted by Gasteiger charge is 2.17. The van der Waals surface area contributed by atoms with Gasteiger partial charge in [-0.05, 0) is 44.9 Å². The highest BCUT2D eigenvalue weighted by atomic mass is 16.3. The largest absolute Gasteiger partial charge is 0.394 e. The number of carbonyl (C=O) groups excluding carboxylic acids is 1. The molecule has 0 aromatic heterocycles. The first kappa shape index (κ1) is 49.6. The van der Waals surface area contributed by atoms with Crippen molar-refractivity contribution in [1.82, 2.24) is 5.32 Å². The van der Waals surface area contributed by atoms with Crippen molar-refractivity contribution >= 4 is 5.91 Å². The lowest BCUT2D eigenvalue weighted by Crippen LogP contribution is -2.45. The quantitative estimate of drug-likeness (QED) is 0.0436. The van der Waals surface area contributed by atoms with Crippen molar-refractivity contribution in [1.29, 1.82) is 0 Å². The first-order chi connectivity index (χ1) is 25.2. The molecule has 0 fully saturated rings. The summed E-state index contributed by atoms with van der Waals surface area (Å²) in [6.07, 6.45) is 56.9. The molecule has 3 N–H and O–H groups in total. The number of aliphatic hydroxyl groups excluding tert-OH is 2. The fraction of sp³-hybridized carbons (Fsp3) is 0.851. The molecule has 0 aliphatic heterocycles. The molecule has 0 aliphatic carbocycles. The summed E-state index contributed by atoms with van der Waals surface area (Å²) in [5.74, 6) is -0.0752. The lowest BCUT2D eigenvalue weighted by Gasteiger charge is -2.19. The van der Waals surface area contributed by atoms with Crippen LogP contribution in [0.3, 0.4) is 0 Å². The Bertz CT molecular complexity index is 775. The Morgan fingerprint density at radius 2 is 0.765 bits per heavy atom. The monoisotopic (exact) mass is 716 g/mol. The Kier molecular flexibility index (Phi) is 41.8. The van der Waals surface area contributed by atoms with Crippen LogP contribution >= 0.6 is 0 Å². The van der Waals surface area contributed by atoms with Gasteiger partial charge in [0.25, 0.3) is 0 Å². The average Bonchev–Trinajstić information content (AvgIpc) is 3.13. The second kappa shape index (κ2) is 43.0. The van der Waals surface area contributed by atoms with Crippen molar-refractivity contribution in [2.24, 2.45) is 0 Å². The van der Waals surface area contributed by atoms with Crippen LogP contribution in [0.5, 0.6) is 0 Å². The first-order valence-electron chi connectivity index (χ1n) is 22.7. The third-order valence-corrected chi connectivity index (χ3v) is 10.4. The molecule has 0 aliphatic rings.